The van der Waals surface area contributed by atoms with Crippen LogP contribution < -0.4 is 16.3 Å². The molecule has 0 fully saturated rings. The average Bonchev–Trinajstić information content (AvgIpc) is 3.12. The number of carbonyl (C=O) groups is 2. The fraction of sp³-hybridized carbons (Fsp3) is 0.0714. The summed E-state index contributed by atoms with van der Waals surface area (Å²) in [7, 11) is 0. The van der Waals surface area contributed by atoms with Crippen LogP contribution in [0.15, 0.2) is 39.8 Å². The van der Waals surface area contributed by atoms with Crippen molar-refractivity contribution in [1.82, 2.24) is 15.3 Å². The number of benzene rings is 1. The van der Waals surface area contributed by atoms with E-state index in [1.54, 1.807) is 35.0 Å². The number of H-pyrrole nitrogens is 2. The first-order valence-corrected chi connectivity index (χ1v) is 7.38. The van der Waals surface area contributed by atoms with Gasteiger partial charge in [-0.05, 0) is 29.6 Å². The summed E-state index contributed by atoms with van der Waals surface area (Å²) >= 11 is 1.41. The molecule has 0 spiro atoms. The fourth-order valence-electron chi connectivity index (χ4n) is 1.97. The fourth-order valence-corrected chi connectivity index (χ4v) is 2.61. The van der Waals surface area contributed by atoms with E-state index in [1.807, 2.05) is 0 Å². The van der Waals surface area contributed by atoms with E-state index in [1.165, 1.54) is 11.3 Å². The average molecular weight is 316 g/mol. The van der Waals surface area contributed by atoms with E-state index in [9.17, 15) is 14.4 Å². The van der Waals surface area contributed by atoms with E-state index >= 15 is 0 Å². The van der Waals surface area contributed by atoms with Gasteiger partial charge in [0.25, 0.3) is 5.91 Å². The lowest BCUT2D eigenvalue weighted by Gasteiger charge is -2.06. The highest BCUT2D eigenvalue weighted by molar-refractivity contribution is 7.08. The van der Waals surface area contributed by atoms with Crippen molar-refractivity contribution in [3.05, 3.63) is 51.1 Å². The molecule has 0 aliphatic heterocycles. The van der Waals surface area contributed by atoms with Gasteiger partial charge in [-0.15, -0.1) is 0 Å². The number of rotatable bonds is 4. The highest BCUT2D eigenvalue weighted by atomic mass is 32.1. The number of nitrogens with one attached hydrogen (secondary N) is 4. The molecule has 0 saturated heterocycles. The minimum atomic E-state index is -0.346. The number of carbonyl (C=O) groups excluding carboxylic acids is 2. The summed E-state index contributed by atoms with van der Waals surface area (Å²) in [5, 5.41) is 8.70. The summed E-state index contributed by atoms with van der Waals surface area (Å²) in [6.07, 6.45) is 0. The molecule has 0 unspecified atom stereocenters. The third kappa shape index (κ3) is 3.07. The van der Waals surface area contributed by atoms with Gasteiger partial charge in [0.2, 0.25) is 5.91 Å². The van der Waals surface area contributed by atoms with Crippen molar-refractivity contribution in [3.8, 4) is 0 Å². The Morgan fingerprint density at radius 1 is 1.14 bits per heavy atom. The minimum absolute atomic E-state index is 0.129. The van der Waals surface area contributed by atoms with Crippen LogP contribution in [0.25, 0.3) is 11.0 Å². The van der Waals surface area contributed by atoms with E-state index in [2.05, 4.69) is 20.6 Å². The van der Waals surface area contributed by atoms with Crippen LogP contribution in [0, 0.1) is 0 Å². The molecule has 3 aromatic rings. The zero-order valence-electron chi connectivity index (χ0n) is 11.3. The van der Waals surface area contributed by atoms with Crippen LogP contribution in [0.5, 0.6) is 0 Å². The van der Waals surface area contributed by atoms with Crippen molar-refractivity contribution in [3.63, 3.8) is 0 Å². The molecule has 2 amide bonds. The molecule has 22 heavy (non-hydrogen) atoms. The van der Waals surface area contributed by atoms with E-state index in [0.29, 0.717) is 22.3 Å². The second-order valence-electron chi connectivity index (χ2n) is 4.58. The van der Waals surface area contributed by atoms with Crippen LogP contribution in [-0.2, 0) is 4.79 Å². The van der Waals surface area contributed by atoms with Gasteiger partial charge in [-0.2, -0.15) is 11.3 Å². The molecular weight excluding hydrogens is 304 g/mol. The number of hydrogen-bond donors (Lipinski definition) is 4. The number of amides is 2. The van der Waals surface area contributed by atoms with Gasteiger partial charge in [0.15, 0.2) is 0 Å². The lowest BCUT2D eigenvalue weighted by Crippen LogP contribution is -2.32. The summed E-state index contributed by atoms with van der Waals surface area (Å²) in [6.45, 7) is -0.129. The lowest BCUT2D eigenvalue weighted by atomic mass is 10.2. The molecule has 0 aliphatic rings. The summed E-state index contributed by atoms with van der Waals surface area (Å²) < 4.78 is 0. The minimum Gasteiger partial charge on any atom is -0.343 e. The van der Waals surface area contributed by atoms with Gasteiger partial charge in [-0.3, -0.25) is 9.59 Å². The summed E-state index contributed by atoms with van der Waals surface area (Å²) in [4.78, 5) is 39.9. The predicted molar refractivity (Wildman–Crippen MR) is 84.2 cm³/mol. The Morgan fingerprint density at radius 3 is 2.73 bits per heavy atom. The first kappa shape index (κ1) is 14.1. The van der Waals surface area contributed by atoms with Crippen molar-refractivity contribution >= 4 is 39.9 Å². The maximum absolute atomic E-state index is 11.8. The van der Waals surface area contributed by atoms with Crippen molar-refractivity contribution < 1.29 is 9.59 Å². The van der Waals surface area contributed by atoms with Crippen LogP contribution >= 0.6 is 11.3 Å². The molecule has 2 heterocycles. The van der Waals surface area contributed by atoms with Crippen molar-refractivity contribution in [2.75, 3.05) is 11.9 Å². The van der Waals surface area contributed by atoms with Crippen LogP contribution in [0.3, 0.4) is 0 Å². The Balaban J connectivity index is 1.60. The topological polar surface area (TPSA) is 107 Å². The van der Waals surface area contributed by atoms with Crippen molar-refractivity contribution in [1.29, 1.82) is 0 Å². The number of fused-ring (bicyclic) bond motifs is 1. The molecule has 8 heteroatoms. The van der Waals surface area contributed by atoms with Gasteiger partial charge in [0, 0.05) is 16.6 Å². The molecule has 0 atom stereocenters. The third-order valence-corrected chi connectivity index (χ3v) is 3.68. The molecule has 2 aromatic heterocycles. The van der Waals surface area contributed by atoms with Gasteiger partial charge in [-0.1, -0.05) is 0 Å². The van der Waals surface area contributed by atoms with Crippen LogP contribution in [0.2, 0.25) is 0 Å². The Kier molecular flexibility index (Phi) is 3.75. The number of thiophene rings is 1. The first-order valence-electron chi connectivity index (χ1n) is 6.44. The standard InChI is InChI=1S/C14H12N4O3S/c19-12(6-15-13(20)8-3-4-22-7-8)16-9-1-2-10-11(5-9)18-14(21)17-10/h1-5,7H,6H2,(H,15,20)(H,16,19)(H2,17,18,21). The zero-order valence-corrected chi connectivity index (χ0v) is 12.1. The Morgan fingerprint density at radius 2 is 1.95 bits per heavy atom. The van der Waals surface area contributed by atoms with E-state index in [4.69, 9.17) is 0 Å². The van der Waals surface area contributed by atoms with E-state index in [0.717, 1.165) is 0 Å². The number of aromatic nitrogens is 2. The molecule has 7 nitrogen and oxygen atoms in total. The predicted octanol–water partition coefficient (Wildman–Crippen LogP) is 1.29. The largest absolute Gasteiger partial charge is 0.343 e. The number of imidazole rings is 1. The van der Waals surface area contributed by atoms with Crippen molar-refractivity contribution in [2.24, 2.45) is 0 Å². The molecule has 1 aromatic carbocycles. The monoisotopic (exact) mass is 316 g/mol. The van der Waals surface area contributed by atoms with E-state index in [-0.39, 0.29) is 24.0 Å². The molecule has 0 aliphatic carbocycles. The smallest absolute Gasteiger partial charge is 0.323 e. The molecule has 0 radical (unpaired) electrons. The Labute approximate surface area is 128 Å². The van der Waals surface area contributed by atoms with E-state index < -0.39 is 0 Å². The normalized spacial score (nSPS) is 10.5. The SMILES string of the molecule is O=C(CNC(=O)c1ccsc1)Nc1ccc2[nH]c(=O)[nH]c2c1. The molecular formula is C14H12N4O3S. The number of aromatic amines is 2. The quantitative estimate of drug-likeness (QED) is 0.582. The van der Waals surface area contributed by atoms with Gasteiger partial charge in [0.1, 0.15) is 0 Å². The number of anilines is 1. The summed E-state index contributed by atoms with van der Waals surface area (Å²) in [6, 6.07) is 6.69. The number of hydrogen-bond acceptors (Lipinski definition) is 4. The summed E-state index contributed by atoms with van der Waals surface area (Å²) in [5.74, 6) is -0.636. The summed E-state index contributed by atoms with van der Waals surface area (Å²) in [5.41, 5.74) is 2.03. The van der Waals surface area contributed by atoms with Crippen LogP contribution in [0.1, 0.15) is 10.4 Å². The van der Waals surface area contributed by atoms with Gasteiger partial charge in [0.05, 0.1) is 17.6 Å². The molecule has 0 bridgehead atoms. The molecule has 4 N–H and O–H groups in total. The van der Waals surface area contributed by atoms with Gasteiger partial charge < -0.3 is 20.6 Å². The Hall–Kier alpha value is -2.87. The molecule has 112 valence electrons. The van der Waals surface area contributed by atoms with Crippen LogP contribution in [-0.4, -0.2) is 28.3 Å². The Bertz CT molecular complexity index is 879. The lowest BCUT2D eigenvalue weighted by molar-refractivity contribution is -0.115. The van der Waals surface area contributed by atoms with Gasteiger partial charge in [-0.25, -0.2) is 4.79 Å². The first-order chi connectivity index (χ1) is 10.6. The molecule has 3 rings (SSSR count). The zero-order chi connectivity index (χ0) is 15.5. The second kappa shape index (κ2) is 5.86. The third-order valence-electron chi connectivity index (χ3n) is 2.99. The van der Waals surface area contributed by atoms with Gasteiger partial charge >= 0.3 is 5.69 Å². The van der Waals surface area contributed by atoms with Crippen molar-refractivity contribution in [2.45, 2.75) is 0 Å². The maximum atomic E-state index is 11.8. The second-order valence-corrected chi connectivity index (χ2v) is 5.36. The highest BCUT2D eigenvalue weighted by Crippen LogP contribution is 2.14. The highest BCUT2D eigenvalue weighted by Gasteiger charge is 2.09. The maximum Gasteiger partial charge on any atom is 0.323 e. The van der Waals surface area contributed by atoms with Crippen LogP contribution in [0.4, 0.5) is 5.69 Å². The molecule has 0 saturated carbocycles.